The van der Waals surface area contributed by atoms with E-state index in [1.54, 1.807) is 0 Å². The Morgan fingerprint density at radius 2 is 1.20 bits per heavy atom. The molecule has 0 heterocycles. The van der Waals surface area contributed by atoms with Gasteiger partial charge in [-0.15, -0.1) is 11.1 Å². The average Bonchev–Trinajstić information content (AvgIpc) is 3.68. The maximum absolute atomic E-state index is 3.67. The summed E-state index contributed by atoms with van der Waals surface area (Å²) in [5.41, 5.74) is 14.7. The van der Waals surface area contributed by atoms with Gasteiger partial charge in [-0.2, -0.15) is 47.0 Å². The molecule has 0 aliphatic heterocycles. The molecule has 0 atom stereocenters. The third-order valence-corrected chi connectivity index (χ3v) is 10.5. The van der Waals surface area contributed by atoms with Gasteiger partial charge in [-0.1, -0.05) is 118 Å². The summed E-state index contributed by atoms with van der Waals surface area (Å²) < 4.78 is 1.42. The first-order valence-corrected chi connectivity index (χ1v) is 19.0. The van der Waals surface area contributed by atoms with Gasteiger partial charge in [0.05, 0.1) is 0 Å². The fourth-order valence-corrected chi connectivity index (χ4v) is 6.72. The van der Waals surface area contributed by atoms with Crippen LogP contribution in [0.5, 0.6) is 0 Å². The van der Waals surface area contributed by atoms with E-state index in [1.807, 2.05) is 0 Å². The van der Waals surface area contributed by atoms with E-state index in [4.69, 9.17) is 0 Å². The molecule has 5 aromatic rings. The first-order valence-electron chi connectivity index (χ1n) is 17.7. The van der Waals surface area contributed by atoms with Gasteiger partial charge in [0.15, 0.2) is 0 Å². The molecule has 0 spiro atoms. The molecule has 1 aliphatic rings. The Hall–Kier alpha value is -2.44. The van der Waals surface area contributed by atoms with Crippen LogP contribution in [0.2, 0.25) is 0 Å². The van der Waals surface area contributed by atoms with Crippen molar-refractivity contribution in [1.29, 1.82) is 0 Å². The average molecular weight is 783 g/mol. The van der Waals surface area contributed by atoms with Crippen molar-refractivity contribution in [3.05, 3.63) is 160 Å². The second-order valence-electron chi connectivity index (χ2n) is 16.3. The van der Waals surface area contributed by atoms with E-state index in [9.17, 15) is 0 Å². The molecule has 0 aromatic heterocycles. The Morgan fingerprint density at radius 1 is 0.660 bits per heavy atom. The minimum absolute atomic E-state index is 0. The van der Waals surface area contributed by atoms with Crippen molar-refractivity contribution in [2.24, 2.45) is 0 Å². The zero-order chi connectivity index (χ0) is 35.1. The maximum atomic E-state index is 3.67. The van der Waals surface area contributed by atoms with E-state index >= 15 is 0 Å². The second kappa shape index (κ2) is 18.9. The summed E-state index contributed by atoms with van der Waals surface area (Å²) in [6.45, 7) is 22.7. The fraction of sp³-hybridized carbons (Fsp3) is 0.362. The standard InChI is InChI=1S/C21H25.C13H10.C13H21.2ClH.Zr/c1-20(2,3)16-7-9-18-14(12-16)11-15-13-17(21(4,5)6)8-10-19(15)18;1-3-7-12(8-4-1)11-13-9-5-2-6-10-13;1-5-6-7-11-8-9-12(10-11)13(2,3)4;;;/h7-10,12H,11H2,1-6H3;1-10H;8-10H,5-7H2,1-4H3;2*1H;/q-1;;-1;;;+2/p-2. The Balaban J connectivity index is 0.000000265. The third-order valence-electron chi connectivity index (χ3n) is 9.09. The normalized spacial score (nSPS) is 11.8. The van der Waals surface area contributed by atoms with E-state index < -0.39 is 0 Å². The topological polar surface area (TPSA) is 0 Å². The number of aryl methyl sites for hydroxylation is 1. The van der Waals surface area contributed by atoms with Crippen LogP contribution in [0.1, 0.15) is 127 Å². The molecule has 1 aliphatic carbocycles. The third kappa shape index (κ3) is 12.1. The van der Waals surface area contributed by atoms with Crippen LogP contribution < -0.4 is 24.8 Å². The zero-order valence-corrected chi connectivity index (χ0v) is 35.9. The van der Waals surface area contributed by atoms with Crippen molar-refractivity contribution in [3.63, 3.8) is 0 Å². The Labute approximate surface area is 332 Å². The first-order chi connectivity index (χ1) is 22.6. The van der Waals surface area contributed by atoms with Gasteiger partial charge < -0.3 is 24.8 Å². The van der Waals surface area contributed by atoms with Gasteiger partial charge in [0.1, 0.15) is 0 Å². The van der Waals surface area contributed by atoms with Crippen LogP contribution in [0, 0.1) is 6.07 Å². The number of hydrogen-bond acceptors (Lipinski definition) is 0. The monoisotopic (exact) mass is 780 g/mol. The van der Waals surface area contributed by atoms with Crippen LogP contribution in [-0.4, -0.2) is 3.21 Å². The SMILES string of the molecule is CC(C)(C)c1[c-]c2c(cc1)-c1ccc(C(C)(C)C)cc1C2.CCCCc1cc(C(C)(C)C)c[cH-]1.[Cl-].[Cl-].[Zr+2]=[C](c1ccccc1)c1ccccc1. The Kier molecular flexibility index (Phi) is 16.5. The Morgan fingerprint density at radius 3 is 1.68 bits per heavy atom. The summed E-state index contributed by atoms with van der Waals surface area (Å²) in [6, 6.07) is 43.2. The van der Waals surface area contributed by atoms with Gasteiger partial charge in [-0.05, 0) is 28.4 Å². The number of unbranched alkanes of at least 4 members (excludes halogenated alkanes) is 1. The summed E-state index contributed by atoms with van der Waals surface area (Å²) in [5, 5.41) is 0. The van der Waals surface area contributed by atoms with E-state index in [0.29, 0.717) is 5.41 Å². The number of benzene rings is 4. The van der Waals surface area contributed by atoms with Crippen molar-refractivity contribution in [2.75, 3.05) is 0 Å². The van der Waals surface area contributed by atoms with Crippen LogP contribution in [0.3, 0.4) is 0 Å². The van der Waals surface area contributed by atoms with Crippen molar-refractivity contribution >= 4 is 3.21 Å². The van der Waals surface area contributed by atoms with Crippen molar-refractivity contribution in [2.45, 2.75) is 111 Å². The molecule has 0 nitrogen and oxygen atoms in total. The van der Waals surface area contributed by atoms with E-state index in [-0.39, 0.29) is 35.6 Å². The Bertz CT molecular complexity index is 1670. The van der Waals surface area contributed by atoms with Gasteiger partial charge in [-0.3, -0.25) is 0 Å². The predicted octanol–water partition coefficient (Wildman–Crippen LogP) is 6.51. The van der Waals surface area contributed by atoms with Crippen LogP contribution in [0.15, 0.2) is 109 Å². The van der Waals surface area contributed by atoms with Crippen molar-refractivity contribution < 1.29 is 49.0 Å². The molecule has 264 valence electrons. The van der Waals surface area contributed by atoms with Gasteiger partial charge >= 0.3 is 99.2 Å². The van der Waals surface area contributed by atoms with Crippen LogP contribution in [0.25, 0.3) is 11.1 Å². The molecular formula is C47H56Cl2Zr-2. The summed E-state index contributed by atoms with van der Waals surface area (Å²) in [6.07, 6.45) is 4.87. The molecule has 5 aromatic carbocycles. The van der Waals surface area contributed by atoms with Crippen LogP contribution in [-0.2, 0) is 53.3 Å². The van der Waals surface area contributed by atoms with Crippen LogP contribution in [0.4, 0.5) is 0 Å². The molecule has 0 radical (unpaired) electrons. The summed E-state index contributed by atoms with van der Waals surface area (Å²) in [5.74, 6) is 0. The molecule has 6 rings (SSSR count). The molecule has 0 fully saturated rings. The van der Waals surface area contributed by atoms with E-state index in [1.165, 1.54) is 102 Å². The molecule has 0 bridgehead atoms. The molecule has 50 heavy (non-hydrogen) atoms. The molecule has 0 unspecified atom stereocenters. The number of rotatable bonds is 5. The molecule has 0 saturated heterocycles. The van der Waals surface area contributed by atoms with Gasteiger partial charge in [0.25, 0.3) is 0 Å². The number of halogens is 2. The van der Waals surface area contributed by atoms with Gasteiger partial charge in [-0.25, -0.2) is 6.07 Å². The summed E-state index contributed by atoms with van der Waals surface area (Å²) >= 11 is 1.46. The zero-order valence-electron chi connectivity index (χ0n) is 32.0. The van der Waals surface area contributed by atoms with Crippen molar-refractivity contribution in [3.8, 4) is 11.1 Å². The van der Waals surface area contributed by atoms with Gasteiger partial charge in [0, 0.05) is 0 Å². The van der Waals surface area contributed by atoms with Gasteiger partial charge in [0.2, 0.25) is 0 Å². The molecule has 0 saturated carbocycles. The summed E-state index contributed by atoms with van der Waals surface area (Å²) in [4.78, 5) is 0. The number of fused-ring (bicyclic) bond motifs is 3. The minimum atomic E-state index is 0. The molecule has 3 heteroatoms. The van der Waals surface area contributed by atoms with Crippen molar-refractivity contribution in [1.82, 2.24) is 0 Å². The quantitative estimate of drug-likeness (QED) is 0.175. The summed E-state index contributed by atoms with van der Waals surface area (Å²) in [7, 11) is 0. The van der Waals surface area contributed by atoms with Crippen LogP contribution >= 0.6 is 0 Å². The molecule has 0 amide bonds. The number of hydrogen-bond donors (Lipinski definition) is 0. The molecular weight excluding hydrogens is 727 g/mol. The van der Waals surface area contributed by atoms with E-state index in [2.05, 4.69) is 184 Å². The molecule has 0 N–H and O–H groups in total. The van der Waals surface area contributed by atoms with E-state index in [0.717, 1.165) is 6.42 Å². The predicted molar refractivity (Wildman–Crippen MR) is 206 cm³/mol. The second-order valence-corrected chi connectivity index (χ2v) is 17.5. The first kappa shape index (κ1) is 43.7. The fourth-order valence-electron chi connectivity index (χ4n) is 5.90.